The van der Waals surface area contributed by atoms with E-state index in [-0.39, 0.29) is 0 Å². The Morgan fingerprint density at radius 2 is 2.00 bits per heavy atom. The van der Waals surface area contributed by atoms with Gasteiger partial charge in [0.05, 0.1) is 13.7 Å². The summed E-state index contributed by atoms with van der Waals surface area (Å²) in [4.78, 5) is 0. The molecule has 0 fully saturated rings. The quantitative estimate of drug-likeness (QED) is 0.864. The summed E-state index contributed by atoms with van der Waals surface area (Å²) in [5.41, 5.74) is -1.74. The predicted molar refractivity (Wildman–Crippen MR) is 79.5 cm³/mol. The van der Waals surface area contributed by atoms with Gasteiger partial charge in [-0.2, -0.15) is 0 Å². The van der Waals surface area contributed by atoms with Crippen LogP contribution in [-0.2, 0) is 0 Å². The molecule has 0 aromatic heterocycles. The van der Waals surface area contributed by atoms with Gasteiger partial charge >= 0.3 is 0 Å². The fourth-order valence-corrected chi connectivity index (χ4v) is 1.29. The van der Waals surface area contributed by atoms with E-state index < -0.39 is 104 Å². The van der Waals surface area contributed by atoms with Crippen LogP contribution in [0.15, 0.2) is 54.4 Å². The van der Waals surface area contributed by atoms with Gasteiger partial charge in [0.2, 0.25) is 0 Å². The van der Waals surface area contributed by atoms with E-state index in [2.05, 4.69) is 5.32 Å². The highest BCUT2D eigenvalue weighted by molar-refractivity contribution is 5.33. The Labute approximate surface area is 137 Å². The summed E-state index contributed by atoms with van der Waals surface area (Å²) < 4.78 is 131. The number of hydrogen-bond donors (Lipinski definition) is 1. The minimum absolute atomic E-state index is 0.531. The van der Waals surface area contributed by atoms with Crippen molar-refractivity contribution in [2.45, 2.75) is 19.4 Å². The lowest BCUT2D eigenvalue weighted by Crippen LogP contribution is -2.16. The van der Waals surface area contributed by atoms with Crippen molar-refractivity contribution in [2.75, 3.05) is 13.5 Å². The van der Waals surface area contributed by atoms with Crippen LogP contribution < -0.4 is 10.1 Å². The van der Waals surface area contributed by atoms with Crippen LogP contribution in [0.25, 0.3) is 0 Å². The van der Waals surface area contributed by atoms with Gasteiger partial charge in [0.15, 0.2) is 0 Å². The molecule has 1 unspecified atom stereocenters. The third-order valence-corrected chi connectivity index (χ3v) is 2.13. The van der Waals surface area contributed by atoms with Crippen LogP contribution in [0, 0.1) is 6.85 Å². The molecule has 100 valence electrons. The molecule has 19 heavy (non-hydrogen) atoms. The summed E-state index contributed by atoms with van der Waals surface area (Å²) in [6.45, 7) is -6.36. The van der Waals surface area contributed by atoms with Crippen molar-refractivity contribution in [3.8, 4) is 5.75 Å². The van der Waals surface area contributed by atoms with Crippen molar-refractivity contribution in [1.82, 2.24) is 5.32 Å². The summed E-state index contributed by atoms with van der Waals surface area (Å²) in [6.07, 6.45) is -3.47. The van der Waals surface area contributed by atoms with Crippen LogP contribution in [0.2, 0.25) is 0 Å². The fraction of sp³-hybridized carbons (Fsp3) is 0.294. The zero-order valence-electron chi connectivity index (χ0n) is 25.8. The molecule has 1 atom stereocenters. The molecule has 0 radical (unpaired) electrons. The van der Waals surface area contributed by atoms with Gasteiger partial charge in [-0.25, -0.2) is 0 Å². The normalized spacial score (nSPS) is 27.2. The van der Waals surface area contributed by atoms with E-state index in [0.29, 0.717) is 0 Å². The highest BCUT2D eigenvalue weighted by atomic mass is 16.5. The van der Waals surface area contributed by atoms with E-state index >= 15 is 0 Å². The summed E-state index contributed by atoms with van der Waals surface area (Å²) >= 11 is 0. The molecule has 2 aromatic rings. The molecule has 2 rings (SSSR count). The second-order valence-corrected chi connectivity index (χ2v) is 3.41. The van der Waals surface area contributed by atoms with Gasteiger partial charge in [0.1, 0.15) is 11.8 Å². The van der Waals surface area contributed by atoms with E-state index in [4.69, 9.17) is 26.7 Å². The molecule has 0 heterocycles. The number of nitrogens with one attached hydrogen (secondary N) is 1. The Hall–Kier alpha value is -1.80. The number of para-hydroxylation sites is 1. The summed E-state index contributed by atoms with van der Waals surface area (Å²) in [5.74, 6) is -0.980. The largest absolute Gasteiger partial charge is 0.485 e. The van der Waals surface area contributed by atoms with Gasteiger partial charge < -0.3 is 10.1 Å². The van der Waals surface area contributed by atoms with E-state index in [0.717, 1.165) is 0 Å². The number of benzene rings is 2. The molecule has 0 saturated heterocycles. The molecule has 2 aromatic carbocycles. The van der Waals surface area contributed by atoms with Crippen molar-refractivity contribution < 1.29 is 26.7 Å². The predicted octanol–water partition coefficient (Wildman–Crippen LogP) is 3.72. The molecule has 0 saturated carbocycles. The summed E-state index contributed by atoms with van der Waals surface area (Å²) in [6, 6.07) is -7.91. The molecule has 0 aliphatic rings. The molecule has 0 aliphatic heterocycles. The van der Waals surface area contributed by atoms with Crippen LogP contribution in [0.5, 0.6) is 5.75 Å². The first-order valence-corrected chi connectivity index (χ1v) is 5.37. The van der Waals surface area contributed by atoms with Gasteiger partial charge in [-0.05, 0) is 37.5 Å². The van der Waals surface area contributed by atoms with E-state index in [1.54, 1.807) is 0 Å². The lowest BCUT2D eigenvalue weighted by atomic mass is 10.1. The van der Waals surface area contributed by atoms with E-state index in [1.165, 1.54) is 0 Å². The third kappa shape index (κ3) is 3.83. The molecule has 0 spiro atoms. The maximum absolute atomic E-state index is 8.89. The highest BCUT2D eigenvalue weighted by Crippen LogP contribution is 2.26. The molecule has 2 heteroatoms. The first-order valence-electron chi connectivity index (χ1n) is 13.4. The van der Waals surface area contributed by atoms with Crippen molar-refractivity contribution >= 4 is 0 Å². The lowest BCUT2D eigenvalue weighted by molar-refractivity contribution is 0.193. The fourth-order valence-electron chi connectivity index (χ4n) is 1.29. The van der Waals surface area contributed by atoms with Crippen LogP contribution >= 0.6 is 0 Å². The van der Waals surface area contributed by atoms with Crippen molar-refractivity contribution in [1.29, 1.82) is 0 Å². The molecule has 0 amide bonds. The Bertz CT molecular complexity index is 1110. The maximum Gasteiger partial charge on any atom is 0.125 e. The smallest absolute Gasteiger partial charge is 0.125 e. The number of hydrogen-bond acceptors (Lipinski definition) is 2. The zero-order valence-corrected chi connectivity index (χ0v) is 9.82. The Kier molecular flexibility index (Phi) is 1.41. The van der Waals surface area contributed by atoms with Crippen molar-refractivity contribution in [3.63, 3.8) is 0 Å². The highest BCUT2D eigenvalue weighted by Gasteiger charge is 2.13. The first-order chi connectivity index (χ1) is 15.7. The average Bonchev–Trinajstić information content (AvgIpc) is 2.71. The number of ether oxygens (including phenoxy) is 1. The standard InChI is InChI=1S/C17H21NO/c1-14-8-6-7-11-16(14)19-17(12-13-18-2)15-9-4-3-5-10-15/h3-11,17-18H,12-13H2,1-2H3/i1D3,2D3,3D,4D,5D,6D,7D,8D,9D,10D,11D,17D. The van der Waals surface area contributed by atoms with Crippen LogP contribution in [0.3, 0.4) is 0 Å². The van der Waals surface area contributed by atoms with Crippen LogP contribution in [-0.4, -0.2) is 13.5 Å². The van der Waals surface area contributed by atoms with Gasteiger partial charge in [-0.15, -0.1) is 0 Å². The Morgan fingerprint density at radius 1 is 1.21 bits per heavy atom. The molecule has 0 aliphatic carbocycles. The number of rotatable bonds is 6. The van der Waals surface area contributed by atoms with Crippen molar-refractivity contribution in [2.24, 2.45) is 0 Å². The minimum atomic E-state index is -3.15. The molecular weight excluding hydrogens is 234 g/mol. The van der Waals surface area contributed by atoms with Crippen LogP contribution in [0.1, 0.15) is 45.6 Å². The lowest BCUT2D eigenvalue weighted by Gasteiger charge is -2.20. The molecule has 0 bridgehead atoms. The van der Waals surface area contributed by atoms with Gasteiger partial charge in [0, 0.05) is 14.6 Å². The minimum Gasteiger partial charge on any atom is -0.485 e. The SMILES string of the molecule is [2H]c1c([2H])c([2H])c(C([2H])(CCNC([2H])([2H])[2H])Oc2c([2H])c([2H])c([2H])c([2H])c2C([2H])([2H])[2H])c([2H])c1[2H]. The summed E-state index contributed by atoms with van der Waals surface area (Å²) in [7, 11) is 0. The maximum atomic E-state index is 8.89. The monoisotopic (exact) mass is 271 g/mol. The Morgan fingerprint density at radius 3 is 2.79 bits per heavy atom. The topological polar surface area (TPSA) is 21.3 Å². The Balaban J connectivity index is 2.87. The van der Waals surface area contributed by atoms with Crippen LogP contribution in [0.4, 0.5) is 0 Å². The zero-order chi connectivity index (χ0) is 27.3. The van der Waals surface area contributed by atoms with Gasteiger partial charge in [-0.3, -0.25) is 0 Å². The average molecular weight is 271 g/mol. The molecule has 1 N–H and O–H groups in total. The van der Waals surface area contributed by atoms with Crippen molar-refractivity contribution in [3.05, 3.63) is 65.5 Å². The van der Waals surface area contributed by atoms with E-state index in [1.807, 2.05) is 0 Å². The van der Waals surface area contributed by atoms with Gasteiger partial charge in [-0.1, -0.05) is 48.3 Å². The molecular formula is C17H21NO. The van der Waals surface area contributed by atoms with Gasteiger partial charge in [0.25, 0.3) is 0 Å². The molecule has 2 nitrogen and oxygen atoms in total. The second kappa shape index (κ2) is 6.95. The second-order valence-electron chi connectivity index (χ2n) is 3.41. The van der Waals surface area contributed by atoms with E-state index in [9.17, 15) is 0 Å². The first kappa shape index (κ1) is 3.86. The third-order valence-electron chi connectivity index (χ3n) is 2.13. The summed E-state index contributed by atoms with van der Waals surface area (Å²) in [5, 5.41) is 2.09.